The third-order valence-electron chi connectivity index (χ3n) is 2.16. The molecule has 0 bridgehead atoms. The van der Waals surface area contributed by atoms with Gasteiger partial charge >= 0.3 is 0 Å². The molecule has 0 atom stereocenters. The molecule has 18 heavy (non-hydrogen) atoms. The summed E-state index contributed by atoms with van der Waals surface area (Å²) in [4.78, 5) is 10.4. The number of nitro groups is 1. The Balaban J connectivity index is 2.45. The summed E-state index contributed by atoms with van der Waals surface area (Å²) in [7, 11) is 0. The van der Waals surface area contributed by atoms with Gasteiger partial charge in [0.15, 0.2) is 0 Å². The molecule has 7 heteroatoms. The fourth-order valence-corrected chi connectivity index (χ4v) is 2.48. The highest BCUT2D eigenvalue weighted by Crippen LogP contribution is 2.27. The van der Waals surface area contributed by atoms with Gasteiger partial charge in [0.1, 0.15) is 5.69 Å². The number of hydrogen-bond donors (Lipinski definition) is 2. The van der Waals surface area contributed by atoms with E-state index >= 15 is 0 Å². The van der Waals surface area contributed by atoms with Crippen LogP contribution in [0.25, 0.3) is 0 Å². The molecule has 0 aliphatic heterocycles. The maximum Gasteiger partial charge on any atom is 0.292 e. The summed E-state index contributed by atoms with van der Waals surface area (Å²) in [5.41, 5.74) is 0.607. The summed E-state index contributed by atoms with van der Waals surface area (Å²) >= 11 is 5.00. The molecule has 0 amide bonds. The van der Waals surface area contributed by atoms with E-state index < -0.39 is 4.92 Å². The Labute approximate surface area is 118 Å². The number of thioether (sulfide) groups is 1. The molecule has 1 aromatic carbocycles. The number of halogens is 1. The molecule has 0 aliphatic carbocycles. The van der Waals surface area contributed by atoms with Gasteiger partial charge in [0, 0.05) is 29.4 Å². The lowest BCUT2D eigenvalue weighted by Gasteiger charge is -2.07. The smallest absolute Gasteiger partial charge is 0.292 e. The van der Waals surface area contributed by atoms with Crippen molar-refractivity contribution in [2.45, 2.75) is 6.42 Å². The summed E-state index contributed by atoms with van der Waals surface area (Å²) < 4.78 is 0.809. The van der Waals surface area contributed by atoms with Gasteiger partial charge in [0.2, 0.25) is 0 Å². The van der Waals surface area contributed by atoms with Crippen molar-refractivity contribution < 1.29 is 10.0 Å². The Morgan fingerprint density at radius 2 is 2.22 bits per heavy atom. The standard InChI is InChI=1S/C11H15BrN2O3S/c12-9-2-3-11(14(16)17)10(8-9)13-4-7-18-6-1-5-15/h2-3,8,13,15H,1,4-7H2. The minimum absolute atomic E-state index is 0.0820. The maximum absolute atomic E-state index is 10.8. The Morgan fingerprint density at radius 1 is 1.44 bits per heavy atom. The largest absolute Gasteiger partial charge is 0.396 e. The molecule has 0 unspecified atom stereocenters. The summed E-state index contributed by atoms with van der Waals surface area (Å²) in [5, 5.41) is 22.5. The lowest BCUT2D eigenvalue weighted by Crippen LogP contribution is -2.07. The molecule has 0 heterocycles. The van der Waals surface area contributed by atoms with Crippen LogP contribution in [0.15, 0.2) is 22.7 Å². The van der Waals surface area contributed by atoms with Crippen LogP contribution in [0.1, 0.15) is 6.42 Å². The third kappa shape index (κ3) is 5.24. The summed E-state index contributed by atoms with van der Waals surface area (Å²) in [6.07, 6.45) is 0.779. The van der Waals surface area contributed by atoms with Crippen molar-refractivity contribution in [3.63, 3.8) is 0 Å². The summed E-state index contributed by atoms with van der Waals surface area (Å²) in [5.74, 6) is 1.75. The van der Waals surface area contributed by atoms with E-state index in [1.165, 1.54) is 6.07 Å². The Morgan fingerprint density at radius 3 is 2.89 bits per heavy atom. The van der Waals surface area contributed by atoms with E-state index in [4.69, 9.17) is 5.11 Å². The number of nitrogens with one attached hydrogen (secondary N) is 1. The normalized spacial score (nSPS) is 10.3. The van der Waals surface area contributed by atoms with Crippen LogP contribution in [0, 0.1) is 10.1 Å². The number of rotatable bonds is 8. The molecule has 5 nitrogen and oxygen atoms in total. The van der Waals surface area contributed by atoms with Crippen molar-refractivity contribution in [3.05, 3.63) is 32.8 Å². The lowest BCUT2D eigenvalue weighted by atomic mass is 10.2. The predicted molar refractivity (Wildman–Crippen MR) is 78.3 cm³/mol. The van der Waals surface area contributed by atoms with Gasteiger partial charge in [0.25, 0.3) is 5.69 Å². The first-order valence-electron chi connectivity index (χ1n) is 5.51. The molecule has 0 saturated heterocycles. The van der Waals surface area contributed by atoms with Crippen molar-refractivity contribution in [2.75, 3.05) is 30.0 Å². The highest BCUT2D eigenvalue weighted by molar-refractivity contribution is 9.10. The van der Waals surface area contributed by atoms with Crippen LogP contribution in [0.2, 0.25) is 0 Å². The highest BCUT2D eigenvalue weighted by Gasteiger charge is 2.12. The number of nitro benzene ring substituents is 1. The van der Waals surface area contributed by atoms with Gasteiger partial charge in [-0.3, -0.25) is 10.1 Å². The molecular formula is C11H15BrN2O3S. The van der Waals surface area contributed by atoms with E-state index in [1.807, 2.05) is 0 Å². The quantitative estimate of drug-likeness (QED) is 0.434. The van der Waals surface area contributed by atoms with Crippen molar-refractivity contribution in [1.29, 1.82) is 0 Å². The number of benzene rings is 1. The van der Waals surface area contributed by atoms with Gasteiger partial charge in [-0.05, 0) is 24.3 Å². The SMILES string of the molecule is O=[N+]([O-])c1ccc(Br)cc1NCCSCCCO. The summed E-state index contributed by atoms with van der Waals surface area (Å²) in [6.45, 7) is 0.866. The predicted octanol–water partition coefficient (Wildman–Crippen LogP) is 2.88. The van der Waals surface area contributed by atoms with Crippen molar-refractivity contribution in [2.24, 2.45) is 0 Å². The number of anilines is 1. The fraction of sp³-hybridized carbons (Fsp3) is 0.455. The first-order valence-corrected chi connectivity index (χ1v) is 7.46. The van der Waals surface area contributed by atoms with Crippen molar-refractivity contribution in [3.8, 4) is 0 Å². The van der Waals surface area contributed by atoms with Gasteiger partial charge in [0.05, 0.1) is 4.92 Å². The number of hydrogen-bond acceptors (Lipinski definition) is 5. The van der Waals surface area contributed by atoms with Crippen LogP contribution in [0.3, 0.4) is 0 Å². The average Bonchev–Trinajstić information content (AvgIpc) is 2.33. The molecule has 100 valence electrons. The molecule has 0 aromatic heterocycles. The first-order chi connectivity index (χ1) is 8.65. The van der Waals surface area contributed by atoms with E-state index in [1.54, 1.807) is 23.9 Å². The number of aliphatic hydroxyl groups is 1. The van der Waals surface area contributed by atoms with Gasteiger partial charge in [-0.15, -0.1) is 0 Å². The van der Waals surface area contributed by atoms with Gasteiger partial charge in [-0.2, -0.15) is 11.8 Å². The first kappa shape index (κ1) is 15.3. The van der Waals surface area contributed by atoms with Gasteiger partial charge < -0.3 is 10.4 Å². The zero-order chi connectivity index (χ0) is 13.4. The van der Waals surface area contributed by atoms with Gasteiger partial charge in [-0.1, -0.05) is 15.9 Å². The third-order valence-corrected chi connectivity index (χ3v) is 3.73. The fourth-order valence-electron chi connectivity index (χ4n) is 1.34. The Bertz CT molecular complexity index is 404. The number of nitrogens with zero attached hydrogens (tertiary/aromatic N) is 1. The maximum atomic E-state index is 10.8. The number of aliphatic hydroxyl groups excluding tert-OH is 1. The second kappa shape index (κ2) is 8.34. The van der Waals surface area contributed by atoms with Crippen LogP contribution in [0.4, 0.5) is 11.4 Å². The van der Waals surface area contributed by atoms with Crippen LogP contribution in [-0.2, 0) is 0 Å². The Hall–Kier alpha value is -0.790. The molecule has 0 radical (unpaired) electrons. The zero-order valence-electron chi connectivity index (χ0n) is 9.76. The molecular weight excluding hydrogens is 320 g/mol. The van der Waals surface area contributed by atoms with E-state index in [2.05, 4.69) is 21.2 Å². The molecule has 0 saturated carbocycles. The molecule has 0 aliphatic rings. The second-order valence-electron chi connectivity index (χ2n) is 3.53. The lowest BCUT2D eigenvalue weighted by molar-refractivity contribution is -0.384. The van der Waals surface area contributed by atoms with Crippen LogP contribution in [0.5, 0.6) is 0 Å². The Kier molecular flexibility index (Phi) is 7.07. The van der Waals surface area contributed by atoms with Crippen molar-refractivity contribution in [1.82, 2.24) is 0 Å². The van der Waals surface area contributed by atoms with E-state index in [-0.39, 0.29) is 12.3 Å². The van der Waals surface area contributed by atoms with Crippen LogP contribution >= 0.6 is 27.7 Å². The minimum atomic E-state index is -0.395. The van der Waals surface area contributed by atoms with Gasteiger partial charge in [-0.25, -0.2) is 0 Å². The van der Waals surface area contributed by atoms with E-state index in [0.717, 1.165) is 22.4 Å². The van der Waals surface area contributed by atoms with Crippen LogP contribution < -0.4 is 5.32 Å². The van der Waals surface area contributed by atoms with E-state index in [9.17, 15) is 10.1 Å². The molecule has 0 spiro atoms. The molecule has 0 fully saturated rings. The molecule has 2 N–H and O–H groups in total. The van der Waals surface area contributed by atoms with E-state index in [0.29, 0.717) is 12.2 Å². The second-order valence-corrected chi connectivity index (χ2v) is 5.68. The minimum Gasteiger partial charge on any atom is -0.396 e. The zero-order valence-corrected chi connectivity index (χ0v) is 12.2. The van der Waals surface area contributed by atoms with Crippen LogP contribution in [-0.4, -0.2) is 34.7 Å². The van der Waals surface area contributed by atoms with Crippen molar-refractivity contribution >= 4 is 39.1 Å². The molecule has 1 rings (SSSR count). The highest BCUT2D eigenvalue weighted by atomic mass is 79.9. The topological polar surface area (TPSA) is 75.4 Å². The monoisotopic (exact) mass is 334 g/mol. The average molecular weight is 335 g/mol. The summed E-state index contributed by atoms with van der Waals surface area (Å²) in [6, 6.07) is 4.83. The molecule has 1 aromatic rings.